The van der Waals surface area contributed by atoms with Crippen LogP contribution in [-0.4, -0.2) is 35.9 Å². The van der Waals surface area contributed by atoms with E-state index in [9.17, 15) is 22.8 Å². The van der Waals surface area contributed by atoms with E-state index in [2.05, 4.69) is 10.3 Å². The molecule has 1 N–H and O–H groups in total. The number of benzene rings is 1. The van der Waals surface area contributed by atoms with Gasteiger partial charge in [0, 0.05) is 18.4 Å². The highest BCUT2D eigenvalue weighted by Gasteiger charge is 2.30. The van der Waals surface area contributed by atoms with Gasteiger partial charge in [-0.1, -0.05) is 23.9 Å². The number of halogens is 3. The molecule has 0 saturated carbocycles. The number of aromatic nitrogens is 1. The number of alkyl halides is 3. The third-order valence-corrected chi connectivity index (χ3v) is 4.83. The number of rotatable bonds is 6. The zero-order valence-corrected chi connectivity index (χ0v) is 15.3. The predicted octanol–water partition coefficient (Wildman–Crippen LogP) is 3.47. The van der Waals surface area contributed by atoms with Crippen molar-refractivity contribution in [2.75, 3.05) is 23.8 Å². The second-order valence-corrected chi connectivity index (χ2v) is 6.88. The van der Waals surface area contributed by atoms with E-state index in [0.29, 0.717) is 23.9 Å². The Morgan fingerprint density at radius 2 is 2.11 bits per heavy atom. The third-order valence-electron chi connectivity index (χ3n) is 3.89. The Balaban J connectivity index is 1.49. The van der Waals surface area contributed by atoms with E-state index in [4.69, 9.17) is 4.74 Å². The molecule has 1 aliphatic heterocycles. The highest BCUT2D eigenvalue weighted by atomic mass is 32.2. The minimum atomic E-state index is -4.44. The molecule has 1 saturated heterocycles. The molecule has 10 heteroatoms. The van der Waals surface area contributed by atoms with Gasteiger partial charge < -0.3 is 10.1 Å². The molecule has 0 spiro atoms. The maximum absolute atomic E-state index is 12.5. The van der Waals surface area contributed by atoms with E-state index in [1.165, 1.54) is 11.0 Å². The first kappa shape index (κ1) is 20.0. The highest BCUT2D eigenvalue weighted by molar-refractivity contribution is 7.99. The van der Waals surface area contributed by atoms with Crippen LogP contribution in [0.3, 0.4) is 0 Å². The van der Waals surface area contributed by atoms with Gasteiger partial charge >= 0.3 is 12.3 Å². The van der Waals surface area contributed by atoms with Crippen LogP contribution in [0.5, 0.6) is 0 Å². The molecular weight excluding hydrogens is 395 g/mol. The first-order chi connectivity index (χ1) is 13.3. The Morgan fingerprint density at radius 1 is 1.29 bits per heavy atom. The van der Waals surface area contributed by atoms with Crippen LogP contribution in [0.25, 0.3) is 0 Å². The van der Waals surface area contributed by atoms with Gasteiger partial charge in [-0.2, -0.15) is 13.2 Å². The van der Waals surface area contributed by atoms with E-state index in [-0.39, 0.29) is 18.2 Å². The van der Waals surface area contributed by atoms with E-state index < -0.39 is 17.8 Å². The molecule has 2 heterocycles. The average Bonchev–Trinajstić information content (AvgIpc) is 3.10. The summed E-state index contributed by atoms with van der Waals surface area (Å²) in [5, 5.41) is 3.06. The second kappa shape index (κ2) is 8.51. The molecule has 2 aromatic rings. The van der Waals surface area contributed by atoms with Crippen LogP contribution in [0.4, 0.5) is 23.7 Å². The van der Waals surface area contributed by atoms with Crippen molar-refractivity contribution >= 4 is 29.4 Å². The molecule has 0 aliphatic carbocycles. The highest BCUT2D eigenvalue weighted by Crippen LogP contribution is 2.29. The van der Waals surface area contributed by atoms with Gasteiger partial charge in [0.25, 0.3) is 0 Å². The van der Waals surface area contributed by atoms with Crippen molar-refractivity contribution in [3.8, 4) is 0 Å². The summed E-state index contributed by atoms with van der Waals surface area (Å²) in [5.74, 6) is -0.256. The molecule has 6 nitrogen and oxygen atoms in total. The summed E-state index contributed by atoms with van der Waals surface area (Å²) < 4.78 is 42.4. The van der Waals surface area contributed by atoms with Gasteiger partial charge in [0.15, 0.2) is 0 Å². The molecule has 2 amide bonds. The molecule has 3 rings (SSSR count). The molecule has 0 bridgehead atoms. The number of nitrogens with one attached hydrogen (secondary N) is 1. The smallest absolute Gasteiger partial charge is 0.417 e. The number of carbonyl (C=O) groups is 2. The summed E-state index contributed by atoms with van der Waals surface area (Å²) in [5.41, 5.74) is 0.670. The van der Waals surface area contributed by atoms with Gasteiger partial charge in [-0.3, -0.25) is 9.69 Å². The summed E-state index contributed by atoms with van der Waals surface area (Å²) in [6, 6.07) is 9.34. The summed E-state index contributed by atoms with van der Waals surface area (Å²) in [7, 11) is 0. The fourth-order valence-corrected chi connectivity index (χ4v) is 3.16. The molecular formula is C18H16F3N3O3S. The zero-order valence-electron chi connectivity index (χ0n) is 14.5. The van der Waals surface area contributed by atoms with Crippen LogP contribution in [0.15, 0.2) is 47.6 Å². The Hall–Kier alpha value is -2.75. The van der Waals surface area contributed by atoms with Crippen molar-refractivity contribution in [1.82, 2.24) is 10.3 Å². The molecule has 0 unspecified atom stereocenters. The maximum atomic E-state index is 12.5. The zero-order chi connectivity index (χ0) is 20.1. The fraction of sp³-hybridized carbons (Fsp3) is 0.278. The van der Waals surface area contributed by atoms with Crippen LogP contribution >= 0.6 is 11.8 Å². The number of thioether (sulfide) groups is 1. The van der Waals surface area contributed by atoms with E-state index >= 15 is 0 Å². The van der Waals surface area contributed by atoms with Crippen molar-refractivity contribution in [2.24, 2.45) is 0 Å². The molecule has 0 atom stereocenters. The largest absolute Gasteiger partial charge is 0.447 e. The van der Waals surface area contributed by atoms with Gasteiger partial charge in [0.05, 0.1) is 22.9 Å². The summed E-state index contributed by atoms with van der Waals surface area (Å²) >= 11 is 1.05. The summed E-state index contributed by atoms with van der Waals surface area (Å²) in [6.07, 6.45) is -4.09. The molecule has 1 aromatic carbocycles. The lowest BCUT2D eigenvalue weighted by atomic mass is 10.2. The molecule has 0 radical (unpaired) electrons. The average molecular weight is 411 g/mol. The first-order valence-corrected chi connectivity index (χ1v) is 9.27. The van der Waals surface area contributed by atoms with Crippen molar-refractivity contribution in [3.05, 3.63) is 53.7 Å². The Morgan fingerprint density at radius 3 is 2.75 bits per heavy atom. The number of hydrogen-bond donors (Lipinski definition) is 1. The lowest BCUT2D eigenvalue weighted by Crippen LogP contribution is -2.25. The Bertz CT molecular complexity index is 859. The SMILES string of the molecule is O=C(CSc1ccc(C(F)(F)F)cn1)NCc1cccc(N2CCOC2=O)c1. The third kappa shape index (κ3) is 5.16. The first-order valence-electron chi connectivity index (χ1n) is 8.29. The van der Waals surface area contributed by atoms with Gasteiger partial charge in [0.2, 0.25) is 5.91 Å². The van der Waals surface area contributed by atoms with Crippen LogP contribution in [0, 0.1) is 0 Å². The van der Waals surface area contributed by atoms with Crippen LogP contribution in [0.2, 0.25) is 0 Å². The topological polar surface area (TPSA) is 71.5 Å². The number of ether oxygens (including phenoxy) is 1. The summed E-state index contributed by atoms with van der Waals surface area (Å²) in [4.78, 5) is 28.8. The van der Waals surface area contributed by atoms with Gasteiger partial charge in [-0.25, -0.2) is 9.78 Å². The second-order valence-electron chi connectivity index (χ2n) is 5.88. The molecule has 28 heavy (non-hydrogen) atoms. The van der Waals surface area contributed by atoms with Crippen LogP contribution in [0.1, 0.15) is 11.1 Å². The maximum Gasteiger partial charge on any atom is 0.417 e. The van der Waals surface area contributed by atoms with Crippen molar-refractivity contribution in [2.45, 2.75) is 17.7 Å². The standard InChI is InChI=1S/C18H16F3N3O3S/c19-18(20,21)13-4-5-16(23-10-13)28-11-15(25)22-9-12-2-1-3-14(8-12)24-6-7-27-17(24)26/h1-5,8,10H,6-7,9,11H2,(H,22,25). The molecule has 148 valence electrons. The predicted molar refractivity (Wildman–Crippen MR) is 96.9 cm³/mol. The molecule has 1 aliphatic rings. The van der Waals surface area contributed by atoms with Gasteiger partial charge in [-0.15, -0.1) is 0 Å². The van der Waals surface area contributed by atoms with Crippen LogP contribution < -0.4 is 10.2 Å². The number of pyridine rings is 1. The van der Waals surface area contributed by atoms with E-state index in [0.717, 1.165) is 29.6 Å². The van der Waals surface area contributed by atoms with Gasteiger partial charge in [0.1, 0.15) is 6.61 Å². The number of carbonyl (C=O) groups excluding carboxylic acids is 2. The minimum Gasteiger partial charge on any atom is -0.447 e. The quantitative estimate of drug-likeness (QED) is 0.737. The fourth-order valence-electron chi connectivity index (χ4n) is 2.49. The number of anilines is 1. The number of amides is 2. The minimum absolute atomic E-state index is 0.0243. The Labute approximate surface area is 163 Å². The lowest BCUT2D eigenvalue weighted by molar-refractivity contribution is -0.137. The number of nitrogens with zero attached hydrogens (tertiary/aromatic N) is 2. The van der Waals surface area contributed by atoms with Crippen molar-refractivity contribution < 1.29 is 27.5 Å². The normalized spacial score (nSPS) is 14.1. The monoisotopic (exact) mass is 411 g/mol. The van der Waals surface area contributed by atoms with Gasteiger partial charge in [-0.05, 0) is 29.8 Å². The Kier molecular flexibility index (Phi) is 6.08. The van der Waals surface area contributed by atoms with E-state index in [1.54, 1.807) is 18.2 Å². The summed E-state index contributed by atoms with van der Waals surface area (Å²) in [6.45, 7) is 1.08. The molecule has 1 fully saturated rings. The van der Waals surface area contributed by atoms with E-state index in [1.807, 2.05) is 6.07 Å². The lowest BCUT2D eigenvalue weighted by Gasteiger charge is -2.14. The van der Waals surface area contributed by atoms with Crippen LogP contribution in [-0.2, 0) is 22.3 Å². The number of cyclic esters (lactones) is 1. The number of hydrogen-bond acceptors (Lipinski definition) is 5. The molecule has 1 aromatic heterocycles. The van der Waals surface area contributed by atoms with Crippen molar-refractivity contribution in [1.29, 1.82) is 0 Å². The van der Waals surface area contributed by atoms with Crippen molar-refractivity contribution in [3.63, 3.8) is 0 Å².